The molecule has 0 amide bonds. The zero-order valence-corrected chi connectivity index (χ0v) is 12.8. The lowest BCUT2D eigenvalue weighted by atomic mass is 10.1. The first-order valence-electron chi connectivity index (χ1n) is 8.24. The van der Waals surface area contributed by atoms with Crippen LogP contribution in [0.2, 0.25) is 0 Å². The van der Waals surface area contributed by atoms with Gasteiger partial charge in [0.05, 0.1) is 0 Å². The number of hydrogen-bond donors (Lipinski definition) is 1. The molecular formula is C17H26FN3. The fraction of sp³-hybridized carbons (Fsp3) is 0.647. The average Bonchev–Trinajstić information content (AvgIpc) is 3.02. The molecule has 0 spiro atoms. The lowest BCUT2D eigenvalue weighted by Crippen LogP contribution is -2.44. The fourth-order valence-electron chi connectivity index (χ4n) is 3.28. The van der Waals surface area contributed by atoms with E-state index in [2.05, 4.69) is 21.2 Å². The van der Waals surface area contributed by atoms with E-state index in [1.807, 2.05) is 6.07 Å². The highest BCUT2D eigenvalue weighted by Crippen LogP contribution is 2.17. The van der Waals surface area contributed by atoms with Gasteiger partial charge in [0.1, 0.15) is 5.82 Å². The largest absolute Gasteiger partial charge is 0.314 e. The van der Waals surface area contributed by atoms with Crippen LogP contribution < -0.4 is 5.32 Å². The summed E-state index contributed by atoms with van der Waals surface area (Å²) in [6.07, 6.45) is 3.45. The Hall–Kier alpha value is -0.970. The van der Waals surface area contributed by atoms with E-state index >= 15 is 0 Å². The first-order valence-corrected chi connectivity index (χ1v) is 8.24. The third-order valence-corrected chi connectivity index (χ3v) is 4.64. The number of rotatable bonds is 5. The number of likely N-dealkylation sites (tertiary alicyclic amines) is 1. The quantitative estimate of drug-likeness (QED) is 0.893. The maximum Gasteiger partial charge on any atom is 0.127 e. The second-order valence-electron chi connectivity index (χ2n) is 6.25. The topological polar surface area (TPSA) is 18.5 Å². The number of hydrogen-bond acceptors (Lipinski definition) is 3. The van der Waals surface area contributed by atoms with Gasteiger partial charge in [0.15, 0.2) is 0 Å². The molecule has 2 aliphatic heterocycles. The molecule has 21 heavy (non-hydrogen) atoms. The van der Waals surface area contributed by atoms with Gasteiger partial charge >= 0.3 is 0 Å². The second-order valence-corrected chi connectivity index (χ2v) is 6.25. The minimum Gasteiger partial charge on any atom is -0.314 e. The highest BCUT2D eigenvalue weighted by Gasteiger charge is 2.14. The van der Waals surface area contributed by atoms with Crippen molar-refractivity contribution in [3.8, 4) is 0 Å². The van der Waals surface area contributed by atoms with E-state index in [0.717, 1.165) is 69.9 Å². The van der Waals surface area contributed by atoms with Gasteiger partial charge in [0.25, 0.3) is 0 Å². The van der Waals surface area contributed by atoms with E-state index in [1.165, 1.54) is 12.8 Å². The molecule has 0 atom stereocenters. The molecule has 2 heterocycles. The van der Waals surface area contributed by atoms with Crippen LogP contribution in [-0.2, 0) is 13.0 Å². The Morgan fingerprint density at radius 2 is 1.76 bits per heavy atom. The van der Waals surface area contributed by atoms with Gasteiger partial charge in [-0.3, -0.25) is 4.90 Å². The van der Waals surface area contributed by atoms with Gasteiger partial charge in [-0.1, -0.05) is 12.1 Å². The monoisotopic (exact) mass is 291 g/mol. The summed E-state index contributed by atoms with van der Waals surface area (Å²) in [4.78, 5) is 4.80. The van der Waals surface area contributed by atoms with Gasteiger partial charge in [0.2, 0.25) is 0 Å². The van der Waals surface area contributed by atoms with Gasteiger partial charge in [-0.2, -0.15) is 0 Å². The summed E-state index contributed by atoms with van der Waals surface area (Å²) in [5.41, 5.74) is 1.97. The molecule has 0 unspecified atom stereocenters. The molecule has 2 fully saturated rings. The van der Waals surface area contributed by atoms with Crippen molar-refractivity contribution in [2.24, 2.45) is 0 Å². The smallest absolute Gasteiger partial charge is 0.127 e. The van der Waals surface area contributed by atoms with Gasteiger partial charge in [-0.15, -0.1) is 0 Å². The SMILES string of the molecule is Fc1cc(CCN2CCNCC2)ccc1CN1CCCC1. The number of nitrogens with one attached hydrogen (secondary N) is 1. The van der Waals surface area contributed by atoms with Gasteiger partial charge in [0, 0.05) is 44.8 Å². The maximum atomic E-state index is 14.2. The summed E-state index contributed by atoms with van der Waals surface area (Å²) in [7, 11) is 0. The molecule has 3 rings (SSSR count). The Morgan fingerprint density at radius 3 is 2.48 bits per heavy atom. The van der Waals surface area contributed by atoms with Crippen LogP contribution in [0, 0.1) is 5.82 Å². The Kier molecular flexibility index (Phi) is 5.22. The van der Waals surface area contributed by atoms with Crippen LogP contribution >= 0.6 is 0 Å². The fourth-order valence-corrected chi connectivity index (χ4v) is 3.28. The molecule has 0 saturated carbocycles. The normalized spacial score (nSPS) is 21.0. The molecule has 0 aliphatic carbocycles. The first-order chi connectivity index (χ1) is 10.3. The van der Waals surface area contributed by atoms with E-state index in [-0.39, 0.29) is 5.82 Å². The summed E-state index contributed by atoms with van der Waals surface area (Å²) >= 11 is 0. The Balaban J connectivity index is 1.53. The van der Waals surface area contributed by atoms with E-state index in [1.54, 1.807) is 6.07 Å². The summed E-state index contributed by atoms with van der Waals surface area (Å²) in [6, 6.07) is 5.84. The average molecular weight is 291 g/mol. The van der Waals surface area contributed by atoms with Gasteiger partial charge < -0.3 is 10.2 Å². The van der Waals surface area contributed by atoms with Crippen LogP contribution in [0.3, 0.4) is 0 Å². The highest BCUT2D eigenvalue weighted by atomic mass is 19.1. The number of halogens is 1. The summed E-state index contributed by atoms with van der Waals surface area (Å²) in [5, 5.41) is 3.36. The van der Waals surface area contributed by atoms with Crippen molar-refractivity contribution < 1.29 is 4.39 Å². The molecule has 3 nitrogen and oxygen atoms in total. The Morgan fingerprint density at radius 1 is 1.00 bits per heavy atom. The first kappa shape index (κ1) is 14.9. The van der Waals surface area contributed by atoms with Crippen molar-refractivity contribution in [1.29, 1.82) is 0 Å². The standard InChI is InChI=1S/C17H26FN3/c18-17-13-15(5-10-20-11-6-19-7-12-20)3-4-16(17)14-21-8-1-2-9-21/h3-4,13,19H,1-2,5-12,14H2. The van der Waals surface area contributed by atoms with Crippen molar-refractivity contribution >= 4 is 0 Å². The van der Waals surface area contributed by atoms with Crippen LogP contribution in [0.15, 0.2) is 18.2 Å². The molecule has 1 aromatic carbocycles. The molecule has 4 heteroatoms. The van der Waals surface area contributed by atoms with Crippen molar-refractivity contribution in [3.63, 3.8) is 0 Å². The number of benzene rings is 1. The van der Waals surface area contributed by atoms with Crippen molar-refractivity contribution in [2.75, 3.05) is 45.8 Å². The van der Waals surface area contributed by atoms with Crippen LogP contribution in [0.4, 0.5) is 4.39 Å². The molecule has 1 aromatic rings. The molecule has 116 valence electrons. The van der Waals surface area contributed by atoms with Gasteiger partial charge in [-0.05, 0) is 44.0 Å². The number of piperazine rings is 1. The minimum absolute atomic E-state index is 0.0280. The Bertz CT molecular complexity index is 451. The molecule has 2 saturated heterocycles. The van der Waals surface area contributed by atoms with E-state index in [0.29, 0.717) is 0 Å². The molecule has 0 bridgehead atoms. The van der Waals surface area contributed by atoms with E-state index in [9.17, 15) is 4.39 Å². The lowest BCUT2D eigenvalue weighted by Gasteiger charge is -2.27. The predicted molar refractivity (Wildman–Crippen MR) is 83.9 cm³/mol. The van der Waals surface area contributed by atoms with Crippen LogP contribution in [-0.4, -0.2) is 55.6 Å². The Labute approximate surface area is 127 Å². The van der Waals surface area contributed by atoms with Crippen LogP contribution in [0.25, 0.3) is 0 Å². The van der Waals surface area contributed by atoms with Crippen molar-refractivity contribution in [2.45, 2.75) is 25.8 Å². The number of nitrogens with zero attached hydrogens (tertiary/aromatic N) is 2. The third-order valence-electron chi connectivity index (χ3n) is 4.64. The molecule has 0 radical (unpaired) electrons. The summed E-state index contributed by atoms with van der Waals surface area (Å²) < 4.78 is 14.2. The summed E-state index contributed by atoms with van der Waals surface area (Å²) in [5.74, 6) is -0.0280. The van der Waals surface area contributed by atoms with E-state index < -0.39 is 0 Å². The van der Waals surface area contributed by atoms with Crippen LogP contribution in [0.1, 0.15) is 24.0 Å². The molecule has 2 aliphatic rings. The minimum atomic E-state index is -0.0280. The zero-order chi connectivity index (χ0) is 14.5. The highest BCUT2D eigenvalue weighted by molar-refractivity contribution is 5.24. The van der Waals surface area contributed by atoms with Crippen molar-refractivity contribution in [1.82, 2.24) is 15.1 Å². The molecule has 1 N–H and O–H groups in total. The molecule has 0 aromatic heterocycles. The van der Waals surface area contributed by atoms with Crippen LogP contribution in [0.5, 0.6) is 0 Å². The third kappa shape index (κ3) is 4.25. The van der Waals surface area contributed by atoms with Gasteiger partial charge in [-0.25, -0.2) is 4.39 Å². The van der Waals surface area contributed by atoms with Crippen molar-refractivity contribution in [3.05, 3.63) is 35.1 Å². The molecular weight excluding hydrogens is 265 g/mol. The zero-order valence-electron chi connectivity index (χ0n) is 12.8. The predicted octanol–water partition coefficient (Wildman–Crippen LogP) is 1.87. The summed E-state index contributed by atoms with van der Waals surface area (Å²) in [6.45, 7) is 8.39. The maximum absolute atomic E-state index is 14.2. The van der Waals surface area contributed by atoms with E-state index in [4.69, 9.17) is 0 Å². The second kappa shape index (κ2) is 7.34. The lowest BCUT2D eigenvalue weighted by molar-refractivity contribution is 0.244.